The lowest BCUT2D eigenvalue weighted by Crippen LogP contribution is -2.31. The zero-order valence-electron chi connectivity index (χ0n) is 17.4. The van der Waals surface area contributed by atoms with Crippen molar-refractivity contribution < 1.29 is 14.3 Å². The summed E-state index contributed by atoms with van der Waals surface area (Å²) in [6.45, 7) is 2.85. The van der Waals surface area contributed by atoms with Gasteiger partial charge in [-0.15, -0.1) is 5.10 Å². The fourth-order valence-electron chi connectivity index (χ4n) is 3.78. The number of rotatable bonds is 4. The lowest BCUT2D eigenvalue weighted by Gasteiger charge is -2.29. The molecule has 164 valence electrons. The second-order valence-electron chi connectivity index (χ2n) is 7.30. The summed E-state index contributed by atoms with van der Waals surface area (Å²) < 4.78 is 13.2. The van der Waals surface area contributed by atoms with Gasteiger partial charge >= 0.3 is 0 Å². The third kappa shape index (κ3) is 3.78. The van der Waals surface area contributed by atoms with E-state index in [9.17, 15) is 4.79 Å². The predicted octanol–water partition coefficient (Wildman–Crippen LogP) is 4.35. The first-order valence-corrected chi connectivity index (χ1v) is 11.6. The molecular formula is C22H20ClN5O3S. The van der Waals surface area contributed by atoms with E-state index in [1.165, 1.54) is 11.8 Å². The minimum atomic E-state index is -0.497. The van der Waals surface area contributed by atoms with E-state index in [-0.39, 0.29) is 5.91 Å². The summed E-state index contributed by atoms with van der Waals surface area (Å²) >= 11 is 7.42. The molecule has 1 amide bonds. The molecule has 3 aromatic rings. The van der Waals surface area contributed by atoms with Crippen LogP contribution in [0.1, 0.15) is 18.5 Å². The Bertz CT molecular complexity index is 1220. The van der Waals surface area contributed by atoms with Crippen molar-refractivity contribution in [1.29, 1.82) is 0 Å². The van der Waals surface area contributed by atoms with Crippen molar-refractivity contribution in [2.24, 2.45) is 0 Å². The Kier molecular flexibility index (Phi) is 5.44. The zero-order chi connectivity index (χ0) is 22.2. The second kappa shape index (κ2) is 8.40. The minimum absolute atomic E-state index is 0.246. The molecule has 2 aliphatic rings. The molecule has 1 atom stereocenters. The van der Waals surface area contributed by atoms with Crippen LogP contribution in [0.4, 0.5) is 11.6 Å². The number of benzene rings is 2. The number of aromatic nitrogens is 3. The van der Waals surface area contributed by atoms with Gasteiger partial charge in [0.25, 0.3) is 5.91 Å². The smallest absolute Gasteiger partial charge is 0.255 e. The second-order valence-corrected chi connectivity index (χ2v) is 8.51. The van der Waals surface area contributed by atoms with Crippen molar-refractivity contribution in [2.75, 3.05) is 30.1 Å². The lowest BCUT2D eigenvalue weighted by molar-refractivity contribution is -0.113. The van der Waals surface area contributed by atoms with Gasteiger partial charge in [0.1, 0.15) is 19.3 Å². The molecule has 32 heavy (non-hydrogen) atoms. The van der Waals surface area contributed by atoms with Gasteiger partial charge in [-0.1, -0.05) is 29.4 Å². The van der Waals surface area contributed by atoms with Gasteiger partial charge in [0, 0.05) is 16.4 Å². The average molecular weight is 470 g/mol. The molecule has 10 heteroatoms. The molecule has 5 rings (SSSR count). The van der Waals surface area contributed by atoms with Crippen LogP contribution in [0.2, 0.25) is 5.02 Å². The molecule has 2 aliphatic heterocycles. The number of ether oxygens (including phenoxy) is 2. The highest BCUT2D eigenvalue weighted by Crippen LogP contribution is 2.40. The molecule has 0 spiro atoms. The van der Waals surface area contributed by atoms with E-state index in [0.717, 1.165) is 5.56 Å². The molecule has 1 aromatic heterocycles. The van der Waals surface area contributed by atoms with Crippen LogP contribution in [0, 0.1) is 0 Å². The maximum atomic E-state index is 13.5. The summed E-state index contributed by atoms with van der Waals surface area (Å²) in [5.74, 6) is 1.67. The Hall–Kier alpha value is -3.17. The highest BCUT2D eigenvalue weighted by atomic mass is 35.5. The standard InChI is InChI=1S/C22H20ClN5O3S/c1-12-18(20(29)25-15-6-4-14(23)5-7-15)19(28-21(24-12)26-22(27-28)32-2)13-3-8-16-17(11-13)31-10-9-30-16/h3-8,11,19H,9-10H2,1-2H3,(H,25,29)(H,24,26,27). The molecule has 0 radical (unpaired) electrons. The molecule has 0 saturated carbocycles. The third-order valence-electron chi connectivity index (χ3n) is 5.24. The minimum Gasteiger partial charge on any atom is -0.486 e. The van der Waals surface area contributed by atoms with Gasteiger partial charge in [0.05, 0.1) is 5.57 Å². The number of carbonyl (C=O) groups is 1. The molecule has 0 fully saturated rings. The van der Waals surface area contributed by atoms with Crippen molar-refractivity contribution in [1.82, 2.24) is 14.8 Å². The van der Waals surface area contributed by atoms with Crippen LogP contribution in [0.5, 0.6) is 11.5 Å². The van der Waals surface area contributed by atoms with Crippen LogP contribution in [0.3, 0.4) is 0 Å². The van der Waals surface area contributed by atoms with Gasteiger partial charge in [-0.05, 0) is 55.1 Å². The van der Waals surface area contributed by atoms with Gasteiger partial charge in [0.2, 0.25) is 11.1 Å². The van der Waals surface area contributed by atoms with Gasteiger partial charge in [0.15, 0.2) is 11.5 Å². The molecule has 2 aromatic carbocycles. The van der Waals surface area contributed by atoms with Gasteiger partial charge in [-0.25, -0.2) is 4.68 Å². The van der Waals surface area contributed by atoms with Gasteiger partial charge in [-0.3, -0.25) is 4.79 Å². The maximum absolute atomic E-state index is 13.5. The summed E-state index contributed by atoms with van der Waals surface area (Å²) in [4.78, 5) is 18.0. The summed E-state index contributed by atoms with van der Waals surface area (Å²) in [5, 5.41) is 12.0. The first-order valence-electron chi connectivity index (χ1n) is 9.98. The SMILES string of the molecule is CSc1nc2n(n1)C(c1ccc3c(c1)OCCO3)C(C(=O)Nc1ccc(Cl)cc1)=C(C)N2. The van der Waals surface area contributed by atoms with E-state index in [2.05, 4.69) is 20.7 Å². The number of hydrogen-bond acceptors (Lipinski definition) is 7. The number of fused-ring (bicyclic) bond motifs is 2. The molecule has 0 aliphatic carbocycles. The van der Waals surface area contributed by atoms with E-state index in [1.807, 2.05) is 31.4 Å². The number of nitrogens with one attached hydrogen (secondary N) is 2. The number of halogens is 1. The van der Waals surface area contributed by atoms with Crippen LogP contribution in [-0.2, 0) is 4.79 Å². The Morgan fingerprint density at radius 2 is 1.94 bits per heavy atom. The predicted molar refractivity (Wildman–Crippen MR) is 124 cm³/mol. The highest BCUT2D eigenvalue weighted by molar-refractivity contribution is 7.98. The first kappa shape index (κ1) is 20.7. The maximum Gasteiger partial charge on any atom is 0.255 e. The molecule has 2 N–H and O–H groups in total. The van der Waals surface area contributed by atoms with Crippen LogP contribution in [-0.4, -0.2) is 40.1 Å². The molecule has 8 nitrogen and oxygen atoms in total. The highest BCUT2D eigenvalue weighted by Gasteiger charge is 2.35. The van der Waals surface area contributed by atoms with Crippen LogP contribution < -0.4 is 20.1 Å². The van der Waals surface area contributed by atoms with Crippen LogP contribution in [0.25, 0.3) is 0 Å². The van der Waals surface area contributed by atoms with E-state index in [1.54, 1.807) is 28.9 Å². The zero-order valence-corrected chi connectivity index (χ0v) is 19.0. The summed E-state index contributed by atoms with van der Waals surface area (Å²) in [6.07, 6.45) is 1.91. The van der Waals surface area contributed by atoms with Gasteiger partial charge in [-0.2, -0.15) is 4.98 Å². The summed E-state index contributed by atoms with van der Waals surface area (Å²) in [7, 11) is 0. The van der Waals surface area contributed by atoms with Crippen molar-refractivity contribution in [3.05, 3.63) is 64.3 Å². The molecule has 0 saturated heterocycles. The monoisotopic (exact) mass is 469 g/mol. The van der Waals surface area contributed by atoms with Crippen molar-refractivity contribution in [3.8, 4) is 11.5 Å². The van der Waals surface area contributed by atoms with E-state index in [4.69, 9.17) is 21.1 Å². The Balaban J connectivity index is 1.58. The van der Waals surface area contributed by atoms with E-state index in [0.29, 0.717) is 57.8 Å². The van der Waals surface area contributed by atoms with Crippen LogP contribution in [0.15, 0.2) is 58.9 Å². The number of nitrogens with zero attached hydrogens (tertiary/aromatic N) is 3. The molecule has 1 unspecified atom stereocenters. The van der Waals surface area contributed by atoms with Crippen LogP contribution >= 0.6 is 23.4 Å². The van der Waals surface area contributed by atoms with Crippen molar-refractivity contribution in [3.63, 3.8) is 0 Å². The first-order chi connectivity index (χ1) is 15.5. The fraction of sp³-hybridized carbons (Fsp3) is 0.227. The largest absolute Gasteiger partial charge is 0.486 e. The summed E-state index contributed by atoms with van der Waals surface area (Å²) in [5.41, 5.74) is 2.72. The third-order valence-corrected chi connectivity index (χ3v) is 6.03. The number of carbonyl (C=O) groups excluding carboxylic acids is 1. The Morgan fingerprint density at radius 1 is 1.19 bits per heavy atom. The van der Waals surface area contributed by atoms with E-state index >= 15 is 0 Å². The number of allylic oxidation sites excluding steroid dienone is 1. The van der Waals surface area contributed by atoms with Crippen molar-refractivity contribution in [2.45, 2.75) is 18.1 Å². The number of anilines is 2. The molecule has 0 bridgehead atoms. The Morgan fingerprint density at radius 3 is 2.69 bits per heavy atom. The molecular weight excluding hydrogens is 450 g/mol. The number of hydrogen-bond donors (Lipinski definition) is 2. The van der Waals surface area contributed by atoms with Crippen molar-refractivity contribution >= 4 is 40.9 Å². The topological polar surface area (TPSA) is 90.3 Å². The Labute approximate surface area is 194 Å². The molecule has 3 heterocycles. The average Bonchev–Trinajstić information content (AvgIpc) is 3.22. The quantitative estimate of drug-likeness (QED) is 0.549. The van der Waals surface area contributed by atoms with E-state index < -0.39 is 6.04 Å². The lowest BCUT2D eigenvalue weighted by atomic mass is 9.94. The van der Waals surface area contributed by atoms with Gasteiger partial charge < -0.3 is 20.1 Å². The number of amides is 1. The normalized spacial score (nSPS) is 16.9. The fourth-order valence-corrected chi connectivity index (χ4v) is 4.26. The number of thioether (sulfide) groups is 1. The summed E-state index contributed by atoms with van der Waals surface area (Å²) in [6, 6.07) is 12.2.